The fourth-order valence-corrected chi connectivity index (χ4v) is 6.44. The minimum absolute atomic E-state index is 0.0305. The number of aryl methyl sites for hydroxylation is 3. The molecule has 1 amide bonds. The summed E-state index contributed by atoms with van der Waals surface area (Å²) in [6.07, 6.45) is 1.13. The second-order valence-electron chi connectivity index (χ2n) is 12.3. The molecule has 1 fully saturated rings. The number of amides is 1. The molecule has 0 spiro atoms. The summed E-state index contributed by atoms with van der Waals surface area (Å²) in [7, 11) is 0. The molecule has 7 nitrogen and oxygen atoms in total. The van der Waals surface area contributed by atoms with Gasteiger partial charge in [0, 0.05) is 54.7 Å². The maximum Gasteiger partial charge on any atom is 0.254 e. The Bertz CT molecular complexity index is 1870. The van der Waals surface area contributed by atoms with Crippen LogP contribution >= 0.6 is 0 Å². The molecule has 10 heteroatoms. The average molecular weight is 632 g/mol. The topological polar surface area (TPSA) is 83.8 Å². The van der Waals surface area contributed by atoms with Crippen LogP contribution < -0.4 is 15.6 Å². The lowest BCUT2D eigenvalue weighted by atomic mass is 9.92. The fraction of sp³-hybridized carbons (Fsp3) is 0.333. The highest BCUT2D eigenvalue weighted by Gasteiger charge is 2.32. The summed E-state index contributed by atoms with van der Waals surface area (Å²) in [5.41, 5.74) is 3.12. The predicted octanol–water partition coefficient (Wildman–Crippen LogP) is 5.85. The normalized spacial score (nSPS) is 18.4. The fourth-order valence-electron chi connectivity index (χ4n) is 6.44. The van der Waals surface area contributed by atoms with Gasteiger partial charge >= 0.3 is 0 Å². The minimum Gasteiger partial charge on any atom is -0.457 e. The van der Waals surface area contributed by atoms with Gasteiger partial charge in [-0.15, -0.1) is 0 Å². The number of nitrogens with one attached hydrogen (secondary N) is 1. The van der Waals surface area contributed by atoms with Gasteiger partial charge < -0.3 is 15.2 Å². The zero-order valence-electron chi connectivity index (χ0n) is 25.9. The number of aliphatic hydroxyl groups is 1. The molecule has 46 heavy (non-hydrogen) atoms. The van der Waals surface area contributed by atoms with E-state index in [1.807, 2.05) is 24.0 Å². The Morgan fingerprint density at radius 1 is 0.957 bits per heavy atom. The third kappa shape index (κ3) is 6.07. The predicted molar refractivity (Wildman–Crippen MR) is 169 cm³/mol. The highest BCUT2D eigenvalue weighted by molar-refractivity contribution is 5.85. The number of hydrogen-bond donors (Lipinski definition) is 2. The van der Waals surface area contributed by atoms with E-state index in [1.165, 1.54) is 29.0 Å². The molecule has 0 radical (unpaired) electrons. The summed E-state index contributed by atoms with van der Waals surface area (Å²) in [5.74, 6) is -1.36. The first-order valence-corrected chi connectivity index (χ1v) is 15.4. The summed E-state index contributed by atoms with van der Waals surface area (Å²) in [4.78, 5) is 29.9. The van der Waals surface area contributed by atoms with Crippen LogP contribution in [0.3, 0.4) is 0 Å². The van der Waals surface area contributed by atoms with Gasteiger partial charge in [-0.1, -0.05) is 12.1 Å². The van der Waals surface area contributed by atoms with Crippen LogP contribution in [-0.2, 0) is 11.2 Å². The SMILES string of the molecule is Cc1cc2cc(c1F)[C@H](CCO)NC(=O)[C@@H](n1cc(CCN3CC(F)C3)cc(C)c1=O)c1cc(ccc1F)Oc1cccc(C)c1-2. The smallest absolute Gasteiger partial charge is 0.254 e. The number of nitrogens with zero attached hydrogens (tertiary/aromatic N) is 2. The van der Waals surface area contributed by atoms with Crippen molar-refractivity contribution in [3.05, 3.63) is 116 Å². The minimum atomic E-state index is -1.50. The number of carbonyl (C=O) groups is 1. The Balaban J connectivity index is 1.54. The van der Waals surface area contributed by atoms with Crippen molar-refractivity contribution in [2.24, 2.45) is 0 Å². The van der Waals surface area contributed by atoms with Gasteiger partial charge in [0.1, 0.15) is 35.3 Å². The van der Waals surface area contributed by atoms with Crippen molar-refractivity contribution in [1.29, 1.82) is 0 Å². The lowest BCUT2D eigenvalue weighted by Gasteiger charge is -2.34. The molecule has 2 atom stereocenters. The molecule has 4 aromatic rings. The largest absolute Gasteiger partial charge is 0.457 e. The quantitative estimate of drug-likeness (QED) is 0.279. The molecule has 1 saturated heterocycles. The summed E-state index contributed by atoms with van der Waals surface area (Å²) in [6, 6.07) is 12.1. The number of halogens is 3. The van der Waals surface area contributed by atoms with Crippen LogP contribution in [0.2, 0.25) is 0 Å². The zero-order valence-corrected chi connectivity index (χ0v) is 25.9. The molecule has 2 aliphatic heterocycles. The first-order chi connectivity index (χ1) is 22.0. The van der Waals surface area contributed by atoms with Crippen LogP contribution in [0.1, 0.15) is 51.9 Å². The Morgan fingerprint density at radius 3 is 2.48 bits per heavy atom. The summed E-state index contributed by atoms with van der Waals surface area (Å²) in [6.45, 7) is 6.01. The number of aromatic nitrogens is 1. The lowest BCUT2D eigenvalue weighted by molar-refractivity contribution is -0.124. The molecule has 6 rings (SSSR count). The van der Waals surface area contributed by atoms with Crippen molar-refractivity contribution in [3.8, 4) is 22.6 Å². The molecule has 0 unspecified atom stereocenters. The summed E-state index contributed by atoms with van der Waals surface area (Å²) >= 11 is 0. The van der Waals surface area contributed by atoms with Crippen LogP contribution in [0.5, 0.6) is 11.5 Å². The number of rotatable bonds is 6. The van der Waals surface area contributed by atoms with Crippen molar-refractivity contribution < 1.29 is 27.8 Å². The van der Waals surface area contributed by atoms with Crippen molar-refractivity contribution in [2.45, 2.75) is 51.9 Å². The number of ether oxygens (including phenoxy) is 1. The average Bonchev–Trinajstić information content (AvgIpc) is 3.00. The Kier molecular flexibility index (Phi) is 8.76. The van der Waals surface area contributed by atoms with Gasteiger partial charge in [-0.2, -0.15) is 0 Å². The van der Waals surface area contributed by atoms with E-state index in [4.69, 9.17) is 4.74 Å². The van der Waals surface area contributed by atoms with E-state index in [9.17, 15) is 19.1 Å². The van der Waals surface area contributed by atoms with E-state index in [2.05, 4.69) is 5.32 Å². The number of alkyl halides is 1. The molecule has 2 aliphatic rings. The first kappa shape index (κ1) is 31.6. The monoisotopic (exact) mass is 631 g/mol. The van der Waals surface area contributed by atoms with Crippen LogP contribution in [0, 0.1) is 32.4 Å². The summed E-state index contributed by atoms with van der Waals surface area (Å²) < 4.78 is 52.6. The first-order valence-electron chi connectivity index (χ1n) is 15.4. The highest BCUT2D eigenvalue weighted by atomic mass is 19.1. The molecule has 3 aromatic carbocycles. The van der Waals surface area contributed by atoms with Crippen molar-refractivity contribution >= 4 is 5.91 Å². The summed E-state index contributed by atoms with van der Waals surface area (Å²) in [5, 5.41) is 12.8. The molecule has 0 saturated carbocycles. The number of aliphatic hydroxyl groups excluding tert-OH is 1. The number of hydrogen-bond acceptors (Lipinski definition) is 5. The zero-order chi connectivity index (χ0) is 32.7. The van der Waals surface area contributed by atoms with Crippen LogP contribution in [0.4, 0.5) is 13.2 Å². The van der Waals surface area contributed by atoms with E-state index in [1.54, 1.807) is 38.1 Å². The second kappa shape index (κ2) is 12.8. The van der Waals surface area contributed by atoms with Crippen LogP contribution in [-0.4, -0.2) is 52.9 Å². The Hall–Kier alpha value is -4.41. The molecular weight excluding hydrogens is 595 g/mol. The number of carbonyl (C=O) groups excluding carboxylic acids is 1. The van der Waals surface area contributed by atoms with Gasteiger partial charge in [-0.25, -0.2) is 13.2 Å². The van der Waals surface area contributed by atoms with E-state index in [0.717, 1.165) is 5.56 Å². The van der Waals surface area contributed by atoms with Crippen molar-refractivity contribution in [1.82, 2.24) is 14.8 Å². The molecule has 0 aliphatic carbocycles. The van der Waals surface area contributed by atoms with Gasteiger partial charge in [0.15, 0.2) is 0 Å². The highest BCUT2D eigenvalue weighted by Crippen LogP contribution is 2.40. The van der Waals surface area contributed by atoms with Gasteiger partial charge in [-0.05, 0) is 98.3 Å². The van der Waals surface area contributed by atoms with Crippen LogP contribution in [0.15, 0.2) is 65.6 Å². The third-order valence-electron chi connectivity index (χ3n) is 8.84. The molecule has 4 bridgehead atoms. The number of fused-ring (bicyclic) bond motifs is 6. The molecule has 3 heterocycles. The van der Waals surface area contributed by atoms with Gasteiger partial charge in [-0.3, -0.25) is 19.1 Å². The molecule has 2 N–H and O–H groups in total. The van der Waals surface area contributed by atoms with Gasteiger partial charge in [0.25, 0.3) is 5.56 Å². The maximum absolute atomic E-state index is 15.8. The van der Waals surface area contributed by atoms with E-state index >= 15 is 8.78 Å². The standard InChI is InChI=1S/C36H36F3N3O4/c1-20-5-4-6-31-32(20)24-14-21(2)33(39)28(15-24)30(10-12-43)40-35(44)34(27-16-26(46-31)7-8-29(27)38)42-17-23(13-22(3)36(42)45)9-11-41-18-25(37)19-41/h4-8,13-17,25,30,34,43H,9-12,18-19H2,1-3H3,(H,40,44)/t30-,34-/m0/s1. The number of benzene rings is 3. The van der Waals surface area contributed by atoms with Crippen LogP contribution in [0.25, 0.3) is 11.1 Å². The van der Waals surface area contributed by atoms with Gasteiger partial charge in [0.05, 0.1) is 6.04 Å². The molecular formula is C36H36F3N3O4. The van der Waals surface area contributed by atoms with Crippen molar-refractivity contribution in [2.75, 3.05) is 26.2 Å². The third-order valence-corrected chi connectivity index (χ3v) is 8.84. The van der Waals surface area contributed by atoms with Crippen molar-refractivity contribution in [3.63, 3.8) is 0 Å². The number of pyridine rings is 1. The molecule has 1 aromatic heterocycles. The van der Waals surface area contributed by atoms with E-state index < -0.39 is 41.4 Å². The second-order valence-corrected chi connectivity index (χ2v) is 12.3. The van der Waals surface area contributed by atoms with Gasteiger partial charge in [0.2, 0.25) is 5.91 Å². The molecule has 240 valence electrons. The van der Waals surface area contributed by atoms with E-state index in [0.29, 0.717) is 59.6 Å². The number of likely N-dealkylation sites (tertiary alicyclic amines) is 1. The van der Waals surface area contributed by atoms with E-state index in [-0.39, 0.29) is 29.9 Å². The Labute approximate surface area is 265 Å². The Morgan fingerprint density at radius 2 is 1.74 bits per heavy atom. The lowest BCUT2D eigenvalue weighted by Crippen LogP contribution is -2.49. The maximum atomic E-state index is 15.8.